The molecule has 0 aliphatic carbocycles. The SMILES string of the molecule is CC(C)CCC(C)Nc1ccc(C(N)=O)cc1. The van der Waals surface area contributed by atoms with Crippen molar-refractivity contribution in [2.75, 3.05) is 5.32 Å². The topological polar surface area (TPSA) is 55.1 Å². The standard InChI is InChI=1S/C14H22N2O/c1-10(2)4-5-11(3)16-13-8-6-12(7-9-13)14(15)17/h6-11,16H,4-5H2,1-3H3,(H2,15,17). The molecule has 1 atom stereocenters. The first-order chi connectivity index (χ1) is 7.99. The van der Waals surface area contributed by atoms with Crippen LogP contribution < -0.4 is 11.1 Å². The summed E-state index contributed by atoms with van der Waals surface area (Å²) in [6, 6.07) is 7.73. The maximum atomic E-state index is 10.9. The molecule has 1 aromatic carbocycles. The van der Waals surface area contributed by atoms with E-state index in [1.54, 1.807) is 12.1 Å². The summed E-state index contributed by atoms with van der Waals surface area (Å²) in [6.45, 7) is 6.63. The number of rotatable bonds is 6. The second-order valence-corrected chi connectivity index (χ2v) is 4.96. The zero-order chi connectivity index (χ0) is 12.8. The average Bonchev–Trinajstić information content (AvgIpc) is 2.27. The van der Waals surface area contributed by atoms with Crippen LogP contribution in [-0.2, 0) is 0 Å². The Morgan fingerprint density at radius 3 is 2.24 bits per heavy atom. The third kappa shape index (κ3) is 4.89. The molecule has 3 heteroatoms. The van der Waals surface area contributed by atoms with Crippen molar-refractivity contribution < 1.29 is 4.79 Å². The number of carbonyl (C=O) groups is 1. The van der Waals surface area contributed by atoms with Gasteiger partial charge in [-0.05, 0) is 49.9 Å². The fourth-order valence-corrected chi connectivity index (χ4v) is 1.67. The summed E-state index contributed by atoms with van der Waals surface area (Å²) < 4.78 is 0. The van der Waals surface area contributed by atoms with Gasteiger partial charge in [-0.15, -0.1) is 0 Å². The second-order valence-electron chi connectivity index (χ2n) is 4.96. The molecule has 0 radical (unpaired) electrons. The number of carbonyl (C=O) groups excluding carboxylic acids is 1. The van der Waals surface area contributed by atoms with Crippen molar-refractivity contribution in [2.24, 2.45) is 11.7 Å². The Balaban J connectivity index is 2.48. The van der Waals surface area contributed by atoms with Crippen LogP contribution in [0.15, 0.2) is 24.3 Å². The summed E-state index contributed by atoms with van der Waals surface area (Å²) in [5, 5.41) is 3.41. The molecule has 0 aromatic heterocycles. The van der Waals surface area contributed by atoms with Crippen molar-refractivity contribution in [3.8, 4) is 0 Å². The largest absolute Gasteiger partial charge is 0.383 e. The van der Waals surface area contributed by atoms with Gasteiger partial charge in [-0.25, -0.2) is 0 Å². The highest BCUT2D eigenvalue weighted by atomic mass is 16.1. The molecule has 0 saturated carbocycles. The van der Waals surface area contributed by atoms with Gasteiger partial charge in [0.05, 0.1) is 0 Å². The normalized spacial score (nSPS) is 12.5. The van der Waals surface area contributed by atoms with Crippen LogP contribution in [0, 0.1) is 5.92 Å². The quantitative estimate of drug-likeness (QED) is 0.795. The predicted octanol–water partition coefficient (Wildman–Crippen LogP) is 3.02. The maximum Gasteiger partial charge on any atom is 0.248 e. The van der Waals surface area contributed by atoms with Crippen LogP contribution in [0.1, 0.15) is 44.0 Å². The van der Waals surface area contributed by atoms with Crippen LogP contribution in [0.3, 0.4) is 0 Å². The van der Waals surface area contributed by atoms with E-state index in [0.29, 0.717) is 11.6 Å². The van der Waals surface area contributed by atoms with Gasteiger partial charge in [0.1, 0.15) is 0 Å². The van der Waals surface area contributed by atoms with E-state index >= 15 is 0 Å². The monoisotopic (exact) mass is 234 g/mol. The molecule has 3 N–H and O–H groups in total. The minimum absolute atomic E-state index is 0.385. The first-order valence-corrected chi connectivity index (χ1v) is 6.15. The Kier molecular flexibility index (Phi) is 5.01. The molecule has 3 nitrogen and oxygen atoms in total. The van der Waals surface area contributed by atoms with E-state index in [4.69, 9.17) is 5.73 Å². The summed E-state index contributed by atoms with van der Waals surface area (Å²) >= 11 is 0. The number of nitrogens with two attached hydrogens (primary N) is 1. The van der Waals surface area contributed by atoms with Crippen LogP contribution in [-0.4, -0.2) is 11.9 Å². The predicted molar refractivity (Wildman–Crippen MR) is 72.1 cm³/mol. The first-order valence-electron chi connectivity index (χ1n) is 6.15. The number of hydrogen-bond acceptors (Lipinski definition) is 2. The van der Waals surface area contributed by atoms with Gasteiger partial charge in [0.2, 0.25) is 5.91 Å². The molecule has 94 valence electrons. The lowest BCUT2D eigenvalue weighted by Crippen LogP contribution is -2.16. The minimum Gasteiger partial charge on any atom is -0.383 e. The Morgan fingerprint density at radius 2 is 1.76 bits per heavy atom. The van der Waals surface area contributed by atoms with E-state index < -0.39 is 0 Å². The third-order valence-electron chi connectivity index (χ3n) is 2.76. The van der Waals surface area contributed by atoms with E-state index in [1.807, 2.05) is 12.1 Å². The highest BCUT2D eigenvalue weighted by molar-refractivity contribution is 5.93. The molecule has 0 saturated heterocycles. The van der Waals surface area contributed by atoms with Crippen LogP contribution in [0.2, 0.25) is 0 Å². The Bertz CT molecular complexity index is 357. The number of hydrogen-bond donors (Lipinski definition) is 2. The zero-order valence-corrected chi connectivity index (χ0v) is 10.9. The van der Waals surface area contributed by atoms with Gasteiger partial charge in [-0.3, -0.25) is 4.79 Å². The average molecular weight is 234 g/mol. The molecule has 1 amide bonds. The van der Waals surface area contributed by atoms with E-state index in [9.17, 15) is 4.79 Å². The fourth-order valence-electron chi connectivity index (χ4n) is 1.67. The fraction of sp³-hybridized carbons (Fsp3) is 0.500. The third-order valence-corrected chi connectivity index (χ3v) is 2.76. The van der Waals surface area contributed by atoms with Crippen molar-refractivity contribution in [3.05, 3.63) is 29.8 Å². The van der Waals surface area contributed by atoms with Gasteiger partial charge in [-0.2, -0.15) is 0 Å². The van der Waals surface area contributed by atoms with E-state index in [-0.39, 0.29) is 5.91 Å². The van der Waals surface area contributed by atoms with Crippen LogP contribution in [0.4, 0.5) is 5.69 Å². The molecule has 0 heterocycles. The molecule has 1 aromatic rings. The number of primary amides is 1. The summed E-state index contributed by atoms with van der Waals surface area (Å²) in [7, 11) is 0. The van der Waals surface area contributed by atoms with E-state index in [1.165, 1.54) is 6.42 Å². The Morgan fingerprint density at radius 1 is 1.18 bits per heavy atom. The molecule has 0 aliphatic heterocycles. The van der Waals surface area contributed by atoms with Crippen LogP contribution >= 0.6 is 0 Å². The van der Waals surface area contributed by atoms with E-state index in [0.717, 1.165) is 18.0 Å². The Labute approximate surface area is 103 Å². The summed E-state index contributed by atoms with van der Waals surface area (Å²) in [5.74, 6) is 0.348. The van der Waals surface area contributed by atoms with Crippen molar-refractivity contribution in [3.63, 3.8) is 0 Å². The number of anilines is 1. The molecule has 1 unspecified atom stereocenters. The van der Waals surface area contributed by atoms with Gasteiger partial charge in [0.25, 0.3) is 0 Å². The molecular formula is C14H22N2O. The molecule has 0 spiro atoms. The van der Waals surface area contributed by atoms with Crippen molar-refractivity contribution in [2.45, 2.75) is 39.7 Å². The maximum absolute atomic E-state index is 10.9. The van der Waals surface area contributed by atoms with Crippen LogP contribution in [0.25, 0.3) is 0 Å². The molecule has 0 bridgehead atoms. The molecule has 1 rings (SSSR count). The number of benzene rings is 1. The molecule has 0 aliphatic rings. The van der Waals surface area contributed by atoms with Crippen molar-refractivity contribution in [1.82, 2.24) is 0 Å². The van der Waals surface area contributed by atoms with Crippen LogP contribution in [0.5, 0.6) is 0 Å². The lowest BCUT2D eigenvalue weighted by atomic mass is 10.0. The van der Waals surface area contributed by atoms with Gasteiger partial charge >= 0.3 is 0 Å². The number of amides is 1. The van der Waals surface area contributed by atoms with Gasteiger partial charge in [0.15, 0.2) is 0 Å². The Hall–Kier alpha value is -1.51. The molecule has 0 fully saturated rings. The highest BCUT2D eigenvalue weighted by Crippen LogP contribution is 2.14. The van der Waals surface area contributed by atoms with Gasteiger partial charge in [-0.1, -0.05) is 13.8 Å². The molecule has 17 heavy (non-hydrogen) atoms. The summed E-state index contributed by atoms with van der Waals surface area (Å²) in [6.07, 6.45) is 2.36. The highest BCUT2D eigenvalue weighted by Gasteiger charge is 2.04. The van der Waals surface area contributed by atoms with Gasteiger partial charge in [0, 0.05) is 17.3 Å². The van der Waals surface area contributed by atoms with Gasteiger partial charge < -0.3 is 11.1 Å². The molecular weight excluding hydrogens is 212 g/mol. The summed E-state index contributed by atoms with van der Waals surface area (Å²) in [4.78, 5) is 10.9. The lowest BCUT2D eigenvalue weighted by Gasteiger charge is -2.16. The number of nitrogens with one attached hydrogen (secondary N) is 1. The second kappa shape index (κ2) is 6.28. The van der Waals surface area contributed by atoms with E-state index in [2.05, 4.69) is 26.1 Å². The smallest absolute Gasteiger partial charge is 0.248 e. The first kappa shape index (κ1) is 13.6. The van der Waals surface area contributed by atoms with Crippen molar-refractivity contribution >= 4 is 11.6 Å². The van der Waals surface area contributed by atoms with Crippen molar-refractivity contribution in [1.29, 1.82) is 0 Å². The summed E-state index contributed by atoms with van der Waals surface area (Å²) in [5.41, 5.74) is 6.77. The lowest BCUT2D eigenvalue weighted by molar-refractivity contribution is 0.100. The zero-order valence-electron chi connectivity index (χ0n) is 10.9. The minimum atomic E-state index is -0.385.